The monoisotopic (exact) mass is 658 g/mol. The van der Waals surface area contributed by atoms with Crippen LogP contribution in [-0.2, 0) is 47.3 Å². The van der Waals surface area contributed by atoms with Gasteiger partial charge in [0.1, 0.15) is 18.1 Å². The van der Waals surface area contributed by atoms with Gasteiger partial charge in [-0.15, -0.1) is 0 Å². The number of nitrogens with one attached hydrogen (secondary N) is 1. The Bertz CT molecular complexity index is 1760. The molecule has 13 heteroatoms. The van der Waals surface area contributed by atoms with E-state index < -0.39 is 5.97 Å². The Labute approximate surface area is 280 Å². The van der Waals surface area contributed by atoms with Gasteiger partial charge in [-0.05, 0) is 57.2 Å². The average molecular weight is 659 g/mol. The van der Waals surface area contributed by atoms with Crippen molar-refractivity contribution in [1.82, 2.24) is 28.9 Å². The van der Waals surface area contributed by atoms with E-state index in [0.29, 0.717) is 47.5 Å². The lowest BCUT2D eigenvalue weighted by Crippen LogP contribution is -2.59. The molecular weight excluding hydrogens is 612 g/mol. The summed E-state index contributed by atoms with van der Waals surface area (Å²) >= 11 is 0. The van der Waals surface area contributed by atoms with Crippen LogP contribution in [0, 0.1) is 0 Å². The zero-order valence-electron chi connectivity index (χ0n) is 28.4. The molecule has 2 atom stereocenters. The Balaban J connectivity index is 1.16. The molecule has 6 heterocycles. The van der Waals surface area contributed by atoms with Crippen molar-refractivity contribution in [2.75, 3.05) is 56.2 Å². The van der Waals surface area contributed by atoms with E-state index >= 15 is 0 Å². The second kappa shape index (κ2) is 13.4. The Kier molecular flexibility index (Phi) is 9.10. The molecule has 13 nitrogen and oxygen atoms in total. The molecule has 7 rings (SSSR count). The van der Waals surface area contributed by atoms with Gasteiger partial charge >= 0.3 is 5.97 Å². The van der Waals surface area contributed by atoms with Crippen molar-refractivity contribution in [3.63, 3.8) is 0 Å². The quantitative estimate of drug-likeness (QED) is 0.343. The van der Waals surface area contributed by atoms with E-state index in [1.165, 1.54) is 22.7 Å². The average Bonchev–Trinajstić information content (AvgIpc) is 3.45. The van der Waals surface area contributed by atoms with Crippen LogP contribution in [0.5, 0.6) is 0 Å². The van der Waals surface area contributed by atoms with E-state index in [9.17, 15) is 14.4 Å². The normalized spacial score (nSPS) is 20.1. The maximum absolute atomic E-state index is 14.0. The van der Waals surface area contributed by atoms with Crippen LogP contribution in [0.3, 0.4) is 0 Å². The third kappa shape index (κ3) is 6.14. The minimum Gasteiger partial charge on any atom is -0.461 e. The number of nitrogens with zero attached hydrogens (tertiary/aromatic N) is 7. The first kappa shape index (κ1) is 32.5. The minimum atomic E-state index is -0.442. The summed E-state index contributed by atoms with van der Waals surface area (Å²) in [6.07, 6.45) is 7.59. The molecule has 0 spiro atoms. The van der Waals surface area contributed by atoms with Crippen LogP contribution < -0.4 is 15.8 Å². The number of carbonyl (C=O) groups is 2. The number of pyridine rings is 1. The van der Waals surface area contributed by atoms with E-state index in [0.717, 1.165) is 65.1 Å². The molecule has 0 bridgehead atoms. The number of fused-ring (bicyclic) bond motifs is 3. The number of piperazine rings is 1. The van der Waals surface area contributed by atoms with E-state index in [4.69, 9.17) is 14.5 Å². The van der Waals surface area contributed by atoms with Crippen LogP contribution >= 0.6 is 0 Å². The number of hydrogen-bond acceptors (Lipinski definition) is 10. The highest BCUT2D eigenvalue weighted by molar-refractivity contribution is 6.06. The van der Waals surface area contributed by atoms with Gasteiger partial charge in [0, 0.05) is 94.5 Å². The van der Waals surface area contributed by atoms with Crippen LogP contribution in [0.15, 0.2) is 29.3 Å². The third-order valence-electron chi connectivity index (χ3n) is 10.6. The number of amides is 1. The summed E-state index contributed by atoms with van der Waals surface area (Å²) in [6.45, 7) is 12.2. The molecule has 0 saturated carbocycles. The van der Waals surface area contributed by atoms with Crippen molar-refractivity contribution in [2.45, 2.75) is 77.7 Å². The van der Waals surface area contributed by atoms with Crippen LogP contribution in [-0.4, -0.2) is 105 Å². The molecular formula is C35H46N8O5. The van der Waals surface area contributed by atoms with Crippen LogP contribution in [0.25, 0.3) is 11.3 Å². The number of ether oxygens (including phenoxy) is 2. The van der Waals surface area contributed by atoms with Crippen LogP contribution in [0.2, 0.25) is 0 Å². The van der Waals surface area contributed by atoms with Gasteiger partial charge in [0.2, 0.25) is 0 Å². The van der Waals surface area contributed by atoms with Crippen molar-refractivity contribution in [2.24, 2.45) is 7.05 Å². The summed E-state index contributed by atoms with van der Waals surface area (Å²) in [5.74, 6) is 0.116. The fourth-order valence-electron chi connectivity index (χ4n) is 7.54. The standard InChI is InChI=1S/C35H46N8O5/c1-22(23(2)40-11-13-41(14-12-40)26-19-47-20-26)37-32-35(46)39(4)18-29(38-32)27-9-10-36-33(28(27)21-48-24(3)44)43-16-15-42-30-8-6-5-7-25(30)17-31(42)34(43)45/h9-10,17-18,22-23,26H,5-8,11-16,19-21H2,1-4H3,(H,37,38)/t22-,23?/m0/s1. The lowest BCUT2D eigenvalue weighted by Gasteiger charge is -2.45. The van der Waals surface area contributed by atoms with Crippen LogP contribution in [0.1, 0.15) is 60.9 Å². The molecule has 1 aliphatic carbocycles. The predicted octanol–water partition coefficient (Wildman–Crippen LogP) is 2.45. The van der Waals surface area contributed by atoms with Gasteiger partial charge in [-0.2, -0.15) is 0 Å². The Hall–Kier alpha value is -4.07. The summed E-state index contributed by atoms with van der Waals surface area (Å²) in [5.41, 5.74) is 4.70. The number of hydrogen-bond donors (Lipinski definition) is 1. The lowest BCUT2D eigenvalue weighted by molar-refractivity contribution is -0.142. The van der Waals surface area contributed by atoms with Crippen molar-refractivity contribution in [3.05, 3.63) is 57.4 Å². The predicted molar refractivity (Wildman–Crippen MR) is 181 cm³/mol. The number of rotatable bonds is 9. The summed E-state index contributed by atoms with van der Waals surface area (Å²) in [7, 11) is 1.70. The van der Waals surface area contributed by atoms with Gasteiger partial charge in [-0.1, -0.05) is 0 Å². The second-order valence-corrected chi connectivity index (χ2v) is 13.6. The topological polar surface area (TPSA) is 127 Å². The zero-order valence-corrected chi connectivity index (χ0v) is 28.4. The molecule has 48 heavy (non-hydrogen) atoms. The van der Waals surface area contributed by atoms with Crippen molar-refractivity contribution < 1.29 is 19.1 Å². The largest absolute Gasteiger partial charge is 0.461 e. The van der Waals surface area contributed by atoms with Gasteiger partial charge in [0.05, 0.1) is 24.9 Å². The first-order chi connectivity index (χ1) is 23.2. The molecule has 2 fully saturated rings. The van der Waals surface area contributed by atoms with Gasteiger partial charge in [-0.3, -0.25) is 29.1 Å². The van der Waals surface area contributed by atoms with Crippen molar-refractivity contribution in [3.8, 4) is 11.3 Å². The van der Waals surface area contributed by atoms with Crippen molar-refractivity contribution >= 4 is 23.5 Å². The first-order valence-electron chi connectivity index (χ1n) is 17.2. The number of aryl methyl sites for hydroxylation is 2. The molecule has 4 aliphatic rings. The maximum Gasteiger partial charge on any atom is 0.302 e. The molecule has 256 valence electrons. The van der Waals surface area contributed by atoms with Gasteiger partial charge < -0.3 is 23.9 Å². The van der Waals surface area contributed by atoms with Crippen LogP contribution in [0.4, 0.5) is 11.6 Å². The molecule has 1 unspecified atom stereocenters. The Morgan fingerprint density at radius 2 is 1.85 bits per heavy atom. The highest BCUT2D eigenvalue weighted by atomic mass is 16.5. The number of carbonyl (C=O) groups excluding carboxylic acids is 2. The highest BCUT2D eigenvalue weighted by Gasteiger charge is 2.34. The summed E-state index contributed by atoms with van der Waals surface area (Å²) in [4.78, 5) is 55.5. The third-order valence-corrected chi connectivity index (χ3v) is 10.6. The summed E-state index contributed by atoms with van der Waals surface area (Å²) < 4.78 is 14.6. The van der Waals surface area contributed by atoms with Crippen molar-refractivity contribution in [1.29, 1.82) is 0 Å². The fourth-order valence-corrected chi connectivity index (χ4v) is 7.54. The minimum absolute atomic E-state index is 0.0550. The smallest absolute Gasteiger partial charge is 0.302 e. The highest BCUT2D eigenvalue weighted by Crippen LogP contribution is 2.34. The molecule has 2 saturated heterocycles. The first-order valence-corrected chi connectivity index (χ1v) is 17.2. The number of anilines is 2. The van der Waals surface area contributed by atoms with Gasteiger partial charge in [-0.25, -0.2) is 9.97 Å². The summed E-state index contributed by atoms with van der Waals surface area (Å²) in [5, 5.41) is 3.42. The summed E-state index contributed by atoms with van der Waals surface area (Å²) in [6, 6.07) is 4.49. The van der Waals surface area contributed by atoms with E-state index in [1.54, 1.807) is 30.4 Å². The molecule has 0 radical (unpaired) electrons. The molecule has 1 amide bonds. The number of esters is 1. The number of aromatic nitrogens is 4. The fraction of sp³-hybridized carbons (Fsp3) is 0.571. The Morgan fingerprint density at radius 3 is 2.58 bits per heavy atom. The Morgan fingerprint density at radius 1 is 1.08 bits per heavy atom. The molecule has 3 aromatic rings. The van der Waals surface area contributed by atoms with E-state index in [-0.39, 0.29) is 36.0 Å². The van der Waals surface area contributed by atoms with Gasteiger partial charge in [0.15, 0.2) is 5.82 Å². The molecule has 1 N–H and O–H groups in total. The van der Waals surface area contributed by atoms with Gasteiger partial charge in [0.25, 0.3) is 11.5 Å². The molecule has 3 aromatic heterocycles. The van der Waals surface area contributed by atoms with E-state index in [1.807, 2.05) is 6.07 Å². The molecule has 3 aliphatic heterocycles. The second-order valence-electron chi connectivity index (χ2n) is 13.6. The maximum atomic E-state index is 14.0. The molecule has 0 aromatic carbocycles. The lowest BCUT2D eigenvalue weighted by atomic mass is 9.98. The zero-order chi connectivity index (χ0) is 33.5. The van der Waals surface area contributed by atoms with E-state index in [2.05, 4.69) is 38.5 Å². The SMILES string of the molecule is CC(=O)OCc1c(-c2cn(C)c(=O)c(N[C@@H](C)C(C)N3CCN(C4COC4)CC3)n2)ccnc1N1CCn2c(cc3c2CCCC3)C1=O.